The molecule has 1 rings (SSSR count). The first-order valence-electron chi connectivity index (χ1n) is 6.07. The van der Waals surface area contributed by atoms with Crippen molar-refractivity contribution >= 4 is 11.7 Å². The lowest BCUT2D eigenvalue weighted by Crippen LogP contribution is -2.46. The van der Waals surface area contributed by atoms with Crippen molar-refractivity contribution in [1.29, 1.82) is 0 Å². The van der Waals surface area contributed by atoms with E-state index in [4.69, 9.17) is 10.9 Å². The van der Waals surface area contributed by atoms with Crippen molar-refractivity contribution in [3.05, 3.63) is 29.3 Å². The van der Waals surface area contributed by atoms with Gasteiger partial charge in [-0.05, 0) is 31.0 Å². The SMILES string of the molecule is CC.Cc1ccc(C)c(N(N)C(=O)NCCO)c1. The lowest BCUT2D eigenvalue weighted by Gasteiger charge is -2.19. The van der Waals surface area contributed by atoms with Crippen molar-refractivity contribution in [2.75, 3.05) is 18.2 Å². The second-order valence-corrected chi connectivity index (χ2v) is 3.62. The van der Waals surface area contributed by atoms with Gasteiger partial charge < -0.3 is 10.4 Å². The zero-order valence-electron chi connectivity index (χ0n) is 11.5. The third-order valence-corrected chi connectivity index (χ3v) is 2.23. The summed E-state index contributed by atoms with van der Waals surface area (Å²) >= 11 is 0. The Morgan fingerprint density at radius 2 is 2.00 bits per heavy atom. The number of hydrazine groups is 1. The van der Waals surface area contributed by atoms with E-state index in [2.05, 4.69) is 5.32 Å². The molecular weight excluding hydrogens is 230 g/mol. The van der Waals surface area contributed by atoms with Gasteiger partial charge in [-0.1, -0.05) is 26.0 Å². The number of anilines is 1. The number of nitrogens with one attached hydrogen (secondary N) is 1. The van der Waals surface area contributed by atoms with E-state index in [9.17, 15) is 4.79 Å². The van der Waals surface area contributed by atoms with Crippen LogP contribution in [0.5, 0.6) is 0 Å². The molecule has 0 atom stereocenters. The highest BCUT2D eigenvalue weighted by atomic mass is 16.3. The summed E-state index contributed by atoms with van der Waals surface area (Å²) in [6.45, 7) is 7.90. The molecule has 0 aliphatic rings. The number of carbonyl (C=O) groups is 1. The monoisotopic (exact) mass is 253 g/mol. The maximum atomic E-state index is 11.5. The average molecular weight is 253 g/mol. The number of benzene rings is 1. The molecule has 0 aromatic heterocycles. The van der Waals surface area contributed by atoms with Crippen LogP contribution in [0.4, 0.5) is 10.5 Å². The normalized spacial score (nSPS) is 9.22. The Morgan fingerprint density at radius 3 is 2.56 bits per heavy atom. The van der Waals surface area contributed by atoms with Gasteiger partial charge in [-0.25, -0.2) is 15.6 Å². The highest BCUT2D eigenvalue weighted by molar-refractivity contribution is 5.91. The van der Waals surface area contributed by atoms with Gasteiger partial charge >= 0.3 is 6.03 Å². The molecule has 0 spiro atoms. The summed E-state index contributed by atoms with van der Waals surface area (Å²) in [5.41, 5.74) is 2.62. The lowest BCUT2D eigenvalue weighted by molar-refractivity contribution is 0.239. The van der Waals surface area contributed by atoms with Crippen LogP contribution in [0.25, 0.3) is 0 Å². The molecule has 2 amide bonds. The van der Waals surface area contributed by atoms with Gasteiger partial charge in [-0.2, -0.15) is 0 Å². The molecule has 0 radical (unpaired) electrons. The fraction of sp³-hybridized carbons (Fsp3) is 0.462. The Labute approximate surface area is 109 Å². The van der Waals surface area contributed by atoms with E-state index in [1.807, 2.05) is 45.9 Å². The van der Waals surface area contributed by atoms with Crippen LogP contribution in [0.15, 0.2) is 18.2 Å². The van der Waals surface area contributed by atoms with Gasteiger partial charge in [-0.3, -0.25) is 0 Å². The number of amides is 2. The van der Waals surface area contributed by atoms with Crippen molar-refractivity contribution in [1.82, 2.24) is 5.32 Å². The molecule has 1 aromatic carbocycles. The maximum absolute atomic E-state index is 11.5. The molecular formula is C13H23N3O2. The Morgan fingerprint density at radius 1 is 1.39 bits per heavy atom. The number of nitrogens with zero attached hydrogens (tertiary/aromatic N) is 1. The van der Waals surface area contributed by atoms with Crippen molar-refractivity contribution < 1.29 is 9.90 Å². The van der Waals surface area contributed by atoms with Crippen molar-refractivity contribution in [2.45, 2.75) is 27.7 Å². The number of urea groups is 1. The van der Waals surface area contributed by atoms with Gasteiger partial charge in [0, 0.05) is 6.54 Å². The molecule has 0 aliphatic heterocycles. The van der Waals surface area contributed by atoms with Gasteiger partial charge in [-0.15, -0.1) is 0 Å². The summed E-state index contributed by atoms with van der Waals surface area (Å²) in [5.74, 6) is 5.69. The fourth-order valence-electron chi connectivity index (χ4n) is 1.34. The van der Waals surface area contributed by atoms with Gasteiger partial charge in [0.05, 0.1) is 12.3 Å². The molecule has 4 N–H and O–H groups in total. The van der Waals surface area contributed by atoms with E-state index < -0.39 is 6.03 Å². The predicted octanol–water partition coefficient (Wildman–Crippen LogP) is 1.71. The van der Waals surface area contributed by atoms with Gasteiger partial charge in [0.25, 0.3) is 0 Å². The number of hydrogen-bond donors (Lipinski definition) is 3. The van der Waals surface area contributed by atoms with Gasteiger partial charge in [0.15, 0.2) is 0 Å². The summed E-state index contributed by atoms with van der Waals surface area (Å²) in [5, 5.41) is 12.1. The third kappa shape index (κ3) is 4.73. The molecule has 0 saturated carbocycles. The number of hydrogen-bond acceptors (Lipinski definition) is 3. The molecule has 1 aromatic rings. The van der Waals surface area contributed by atoms with Crippen LogP contribution in [0, 0.1) is 13.8 Å². The Kier molecular flexibility index (Phi) is 7.74. The summed E-state index contributed by atoms with van der Waals surface area (Å²) in [4.78, 5) is 11.5. The number of aliphatic hydroxyl groups is 1. The summed E-state index contributed by atoms with van der Waals surface area (Å²) < 4.78 is 0. The number of carbonyl (C=O) groups excluding carboxylic acids is 1. The van der Waals surface area contributed by atoms with Crippen LogP contribution >= 0.6 is 0 Å². The molecule has 0 saturated heterocycles. The first-order chi connectivity index (χ1) is 8.56. The van der Waals surface area contributed by atoms with Crippen LogP contribution in [0.2, 0.25) is 0 Å². The Hall–Kier alpha value is -1.59. The number of nitrogens with two attached hydrogens (primary N) is 1. The van der Waals surface area contributed by atoms with E-state index in [1.165, 1.54) is 0 Å². The molecule has 102 valence electrons. The van der Waals surface area contributed by atoms with Crippen molar-refractivity contribution in [3.63, 3.8) is 0 Å². The summed E-state index contributed by atoms with van der Waals surface area (Å²) in [6.07, 6.45) is 0. The number of rotatable bonds is 3. The zero-order chi connectivity index (χ0) is 14.1. The number of aryl methyl sites for hydroxylation is 2. The van der Waals surface area contributed by atoms with Crippen LogP contribution in [0.3, 0.4) is 0 Å². The molecule has 0 fully saturated rings. The van der Waals surface area contributed by atoms with Crippen LogP contribution in [-0.2, 0) is 0 Å². The van der Waals surface area contributed by atoms with E-state index in [0.29, 0.717) is 5.69 Å². The summed E-state index contributed by atoms with van der Waals surface area (Å²) in [6, 6.07) is 5.28. The van der Waals surface area contributed by atoms with Gasteiger partial charge in [0.2, 0.25) is 0 Å². The van der Waals surface area contributed by atoms with E-state index in [1.54, 1.807) is 0 Å². The standard InChI is InChI=1S/C11H17N3O2.C2H6/c1-8-3-4-9(2)10(7-8)14(12)11(16)13-5-6-15;1-2/h3-4,7,15H,5-6,12H2,1-2H3,(H,13,16);1-2H3. The topological polar surface area (TPSA) is 78.6 Å². The Balaban J connectivity index is 0.00000137. The molecule has 0 bridgehead atoms. The second-order valence-electron chi connectivity index (χ2n) is 3.62. The third-order valence-electron chi connectivity index (χ3n) is 2.23. The minimum Gasteiger partial charge on any atom is -0.395 e. The van der Waals surface area contributed by atoms with Crippen LogP contribution < -0.4 is 16.2 Å². The predicted molar refractivity (Wildman–Crippen MR) is 74.4 cm³/mol. The largest absolute Gasteiger partial charge is 0.395 e. The van der Waals surface area contributed by atoms with E-state index in [0.717, 1.165) is 16.1 Å². The van der Waals surface area contributed by atoms with Crippen molar-refractivity contribution in [2.24, 2.45) is 5.84 Å². The molecule has 5 nitrogen and oxygen atoms in total. The van der Waals surface area contributed by atoms with Gasteiger partial charge in [0.1, 0.15) is 0 Å². The maximum Gasteiger partial charge on any atom is 0.336 e. The molecule has 5 heteroatoms. The quantitative estimate of drug-likeness (QED) is 0.436. The summed E-state index contributed by atoms with van der Waals surface area (Å²) in [7, 11) is 0. The lowest BCUT2D eigenvalue weighted by atomic mass is 10.1. The Bertz CT molecular complexity index is 380. The second kappa shape index (κ2) is 8.49. The minimum atomic E-state index is -0.428. The van der Waals surface area contributed by atoms with Crippen LogP contribution in [0.1, 0.15) is 25.0 Å². The average Bonchev–Trinajstić information content (AvgIpc) is 2.40. The first kappa shape index (κ1) is 16.4. The van der Waals surface area contributed by atoms with Crippen LogP contribution in [-0.4, -0.2) is 24.3 Å². The molecule has 0 aliphatic carbocycles. The number of aliphatic hydroxyl groups excluding tert-OH is 1. The zero-order valence-corrected chi connectivity index (χ0v) is 11.5. The minimum absolute atomic E-state index is 0.105. The fourth-order valence-corrected chi connectivity index (χ4v) is 1.34. The van der Waals surface area contributed by atoms with Crippen molar-refractivity contribution in [3.8, 4) is 0 Å². The molecule has 0 heterocycles. The highest BCUT2D eigenvalue weighted by Gasteiger charge is 2.12. The highest BCUT2D eigenvalue weighted by Crippen LogP contribution is 2.18. The van der Waals surface area contributed by atoms with E-state index in [-0.39, 0.29) is 13.2 Å². The first-order valence-corrected chi connectivity index (χ1v) is 6.07. The molecule has 18 heavy (non-hydrogen) atoms. The smallest absolute Gasteiger partial charge is 0.336 e. The van der Waals surface area contributed by atoms with E-state index >= 15 is 0 Å². The molecule has 0 unspecified atom stereocenters.